The molecule has 1 unspecified atom stereocenters. The lowest BCUT2D eigenvalue weighted by Crippen LogP contribution is -2.27. The molecule has 7 heteroatoms. The smallest absolute Gasteiger partial charge is 0.234 e. The summed E-state index contributed by atoms with van der Waals surface area (Å²) in [4.78, 5) is 14.7. The highest BCUT2D eigenvalue weighted by atomic mass is 79.9. The molecule has 4 aromatic rings. The fraction of sp³-hybridized carbons (Fsp3) is 0.120. The molecule has 1 saturated heterocycles. The van der Waals surface area contributed by atoms with Crippen LogP contribution in [-0.4, -0.2) is 26.3 Å². The van der Waals surface area contributed by atoms with Crippen LogP contribution in [0.15, 0.2) is 89.5 Å². The van der Waals surface area contributed by atoms with E-state index < -0.39 is 0 Å². The van der Waals surface area contributed by atoms with Gasteiger partial charge in [-0.05, 0) is 54.1 Å². The normalized spacial score (nSPS) is 16.0. The van der Waals surface area contributed by atoms with Gasteiger partial charge in [0.2, 0.25) is 5.91 Å². The Morgan fingerprint density at radius 2 is 1.72 bits per heavy atom. The second-order valence-corrected chi connectivity index (χ2v) is 9.51. The number of hydrogen-bond donors (Lipinski definition) is 0. The Balaban J connectivity index is 1.54. The van der Waals surface area contributed by atoms with Crippen molar-refractivity contribution < 1.29 is 9.18 Å². The Bertz CT molecular complexity index is 1240. The van der Waals surface area contributed by atoms with Gasteiger partial charge in [0.1, 0.15) is 11.2 Å². The van der Waals surface area contributed by atoms with Crippen LogP contribution < -0.4 is 0 Å². The second kappa shape index (κ2) is 8.92. The first-order valence-corrected chi connectivity index (χ1v) is 12.0. The van der Waals surface area contributed by atoms with Gasteiger partial charge in [0.05, 0.1) is 23.7 Å². The average molecular weight is 508 g/mol. The highest BCUT2D eigenvalue weighted by Gasteiger charge is 2.33. The number of rotatable bonds is 5. The molecule has 0 N–H and O–H groups in total. The predicted molar refractivity (Wildman–Crippen MR) is 129 cm³/mol. The van der Waals surface area contributed by atoms with Crippen molar-refractivity contribution in [1.29, 1.82) is 0 Å². The molecule has 0 bridgehead atoms. The molecule has 3 aromatic carbocycles. The first kappa shape index (κ1) is 21.0. The number of carbonyl (C=O) groups excluding carboxylic acids is 1. The van der Waals surface area contributed by atoms with Crippen molar-refractivity contribution in [3.8, 4) is 16.9 Å². The highest BCUT2D eigenvalue weighted by Crippen LogP contribution is 2.40. The van der Waals surface area contributed by atoms with Gasteiger partial charge in [-0.25, -0.2) is 9.07 Å². The first-order valence-electron chi connectivity index (χ1n) is 10.1. The lowest BCUT2D eigenvalue weighted by Gasteiger charge is -2.24. The zero-order valence-corrected chi connectivity index (χ0v) is 19.4. The van der Waals surface area contributed by atoms with Gasteiger partial charge < -0.3 is 4.90 Å². The minimum absolute atomic E-state index is 0.0586. The lowest BCUT2D eigenvalue weighted by atomic mass is 10.1. The zero-order valence-electron chi connectivity index (χ0n) is 17.0. The largest absolute Gasteiger partial charge is 0.321 e. The Morgan fingerprint density at radius 1 is 1.00 bits per heavy atom. The van der Waals surface area contributed by atoms with Crippen molar-refractivity contribution in [2.24, 2.45) is 0 Å². The molecular formula is C25H19BrFN3OS. The standard InChI is InChI=1S/C25H19BrFN3OS/c26-20-10-6-18(7-11-20)25-29(23(31)16-32-25)14-19-15-30(22-4-2-1-3-5-22)28-24(19)17-8-12-21(27)13-9-17/h1-13,15,25H,14,16H2. The molecular weight excluding hydrogens is 489 g/mol. The summed E-state index contributed by atoms with van der Waals surface area (Å²) in [5.74, 6) is 0.249. The summed E-state index contributed by atoms with van der Waals surface area (Å²) in [5.41, 5.74) is 4.48. The number of para-hydroxylation sites is 1. The molecule has 160 valence electrons. The van der Waals surface area contributed by atoms with E-state index in [1.54, 1.807) is 23.9 Å². The van der Waals surface area contributed by atoms with Crippen molar-refractivity contribution in [3.63, 3.8) is 0 Å². The maximum atomic E-state index is 13.5. The average Bonchev–Trinajstić information content (AvgIpc) is 3.40. The molecule has 4 nitrogen and oxygen atoms in total. The summed E-state index contributed by atoms with van der Waals surface area (Å²) < 4.78 is 16.4. The lowest BCUT2D eigenvalue weighted by molar-refractivity contribution is -0.128. The molecule has 0 saturated carbocycles. The van der Waals surface area contributed by atoms with Crippen molar-refractivity contribution >= 4 is 33.6 Å². The number of nitrogens with zero attached hydrogens (tertiary/aromatic N) is 3. The van der Waals surface area contributed by atoms with E-state index in [-0.39, 0.29) is 17.1 Å². The number of carbonyl (C=O) groups is 1. The van der Waals surface area contributed by atoms with Crippen LogP contribution in [-0.2, 0) is 11.3 Å². The zero-order chi connectivity index (χ0) is 22.1. The molecule has 1 amide bonds. The third-order valence-corrected chi connectivity index (χ3v) is 7.18. The van der Waals surface area contributed by atoms with E-state index in [1.807, 2.05) is 70.4 Å². The summed E-state index contributed by atoms with van der Waals surface area (Å²) in [6.07, 6.45) is 1.96. The third-order valence-electron chi connectivity index (χ3n) is 5.39. The molecule has 1 aliphatic rings. The minimum Gasteiger partial charge on any atom is -0.321 e. The van der Waals surface area contributed by atoms with Gasteiger partial charge in [0.15, 0.2) is 0 Å². The minimum atomic E-state index is -0.292. The van der Waals surface area contributed by atoms with E-state index in [2.05, 4.69) is 15.9 Å². The van der Waals surface area contributed by atoms with Gasteiger partial charge in [0.25, 0.3) is 0 Å². The molecule has 0 spiro atoms. The van der Waals surface area contributed by atoms with Gasteiger partial charge in [-0.2, -0.15) is 5.10 Å². The molecule has 1 atom stereocenters. The van der Waals surface area contributed by atoms with E-state index >= 15 is 0 Å². The van der Waals surface area contributed by atoms with Crippen molar-refractivity contribution in [2.45, 2.75) is 11.9 Å². The summed E-state index contributed by atoms with van der Waals surface area (Å²) in [5, 5.41) is 4.74. The summed E-state index contributed by atoms with van der Waals surface area (Å²) in [7, 11) is 0. The van der Waals surface area contributed by atoms with E-state index in [4.69, 9.17) is 5.10 Å². The van der Waals surface area contributed by atoms with E-state index in [0.29, 0.717) is 12.3 Å². The van der Waals surface area contributed by atoms with E-state index in [0.717, 1.165) is 32.5 Å². The summed E-state index contributed by atoms with van der Waals surface area (Å²) >= 11 is 5.10. The van der Waals surface area contributed by atoms with Crippen molar-refractivity contribution in [3.05, 3.63) is 106 Å². The van der Waals surface area contributed by atoms with Crippen LogP contribution in [0.25, 0.3) is 16.9 Å². The van der Waals surface area contributed by atoms with Gasteiger partial charge in [-0.15, -0.1) is 11.8 Å². The van der Waals surface area contributed by atoms with Crippen LogP contribution >= 0.6 is 27.7 Å². The van der Waals surface area contributed by atoms with Crippen LogP contribution in [0.1, 0.15) is 16.5 Å². The molecule has 1 aromatic heterocycles. The topological polar surface area (TPSA) is 38.1 Å². The van der Waals surface area contributed by atoms with Crippen LogP contribution in [0.5, 0.6) is 0 Å². The first-order chi connectivity index (χ1) is 15.6. The van der Waals surface area contributed by atoms with Crippen LogP contribution in [0, 0.1) is 5.82 Å². The molecule has 2 heterocycles. The molecule has 1 fully saturated rings. The van der Waals surface area contributed by atoms with E-state index in [9.17, 15) is 9.18 Å². The fourth-order valence-electron chi connectivity index (χ4n) is 3.80. The number of amides is 1. The molecule has 0 aliphatic carbocycles. The van der Waals surface area contributed by atoms with Crippen molar-refractivity contribution in [1.82, 2.24) is 14.7 Å². The predicted octanol–water partition coefficient (Wildman–Crippen LogP) is 6.22. The number of hydrogen-bond acceptors (Lipinski definition) is 3. The summed E-state index contributed by atoms with van der Waals surface area (Å²) in [6.45, 7) is 0.423. The number of thioether (sulfide) groups is 1. The third kappa shape index (κ3) is 4.23. The Morgan fingerprint density at radius 3 is 2.44 bits per heavy atom. The maximum absolute atomic E-state index is 13.5. The van der Waals surface area contributed by atoms with Gasteiger partial charge >= 0.3 is 0 Å². The van der Waals surface area contributed by atoms with Crippen molar-refractivity contribution in [2.75, 3.05) is 5.75 Å². The van der Waals surface area contributed by atoms with Gasteiger partial charge in [0, 0.05) is 21.8 Å². The van der Waals surface area contributed by atoms with Gasteiger partial charge in [-0.1, -0.05) is 46.3 Å². The number of benzene rings is 3. The monoisotopic (exact) mass is 507 g/mol. The number of halogens is 2. The highest BCUT2D eigenvalue weighted by molar-refractivity contribution is 9.10. The summed E-state index contributed by atoms with van der Waals surface area (Å²) in [6, 6.07) is 24.2. The SMILES string of the molecule is O=C1CSC(c2ccc(Br)cc2)N1Cc1cn(-c2ccccc2)nc1-c1ccc(F)cc1. The Hall–Kier alpha value is -2.90. The molecule has 5 rings (SSSR count). The Kier molecular flexibility index (Phi) is 5.85. The van der Waals surface area contributed by atoms with E-state index in [1.165, 1.54) is 12.1 Å². The fourth-order valence-corrected chi connectivity index (χ4v) is 5.25. The van der Waals surface area contributed by atoms with Crippen LogP contribution in [0.3, 0.4) is 0 Å². The van der Waals surface area contributed by atoms with Crippen LogP contribution in [0.2, 0.25) is 0 Å². The molecule has 32 heavy (non-hydrogen) atoms. The molecule has 0 radical (unpaired) electrons. The Labute approximate surface area is 198 Å². The molecule has 1 aliphatic heterocycles. The maximum Gasteiger partial charge on any atom is 0.234 e. The number of aromatic nitrogens is 2. The second-order valence-electron chi connectivity index (χ2n) is 7.53. The van der Waals surface area contributed by atoms with Crippen LogP contribution in [0.4, 0.5) is 4.39 Å². The van der Waals surface area contributed by atoms with Gasteiger partial charge in [-0.3, -0.25) is 4.79 Å². The quantitative estimate of drug-likeness (QED) is 0.322.